The molecule has 0 aliphatic rings. The van der Waals surface area contributed by atoms with Gasteiger partial charge in [-0.15, -0.1) is 0 Å². The Bertz CT molecular complexity index is 3910. The third-order valence-corrected chi connectivity index (χ3v) is 11.9. The van der Waals surface area contributed by atoms with E-state index in [1.54, 1.807) is 0 Å². The van der Waals surface area contributed by atoms with E-state index in [0.29, 0.717) is 40.0 Å². The molecule has 0 unspecified atom stereocenters. The molecule has 0 atom stereocenters. The van der Waals surface area contributed by atoms with Crippen LogP contribution in [0.25, 0.3) is 128 Å². The normalized spacial score (nSPS) is 11.8. The number of fused-ring (bicyclic) bond motifs is 9. The van der Waals surface area contributed by atoms with Crippen LogP contribution in [0.15, 0.2) is 203 Å². The summed E-state index contributed by atoms with van der Waals surface area (Å²) in [6.07, 6.45) is 0. The molecule has 8 nitrogen and oxygen atoms in total. The Morgan fingerprint density at radius 1 is 0.333 bits per heavy atom. The van der Waals surface area contributed by atoms with Gasteiger partial charge in [0.2, 0.25) is 0 Å². The summed E-state index contributed by atoms with van der Waals surface area (Å²) in [6.45, 7) is 0. The molecular formula is C55H32N6O2. The Balaban J connectivity index is 0.974. The summed E-state index contributed by atoms with van der Waals surface area (Å²) in [4.78, 5) is 25.6. The number of aromatic nitrogens is 6. The van der Waals surface area contributed by atoms with Gasteiger partial charge in [-0.25, -0.2) is 24.9 Å². The van der Waals surface area contributed by atoms with Crippen molar-refractivity contribution < 1.29 is 8.83 Å². The second-order valence-corrected chi connectivity index (χ2v) is 15.6. The molecule has 0 bridgehead atoms. The molecule has 0 spiro atoms. The maximum Gasteiger partial charge on any atom is 0.180 e. The lowest BCUT2D eigenvalue weighted by molar-refractivity contribution is 0.667. The van der Waals surface area contributed by atoms with Crippen molar-refractivity contribution in [3.05, 3.63) is 194 Å². The average molecular weight is 809 g/mol. The quantitative estimate of drug-likeness (QED) is 0.165. The third-order valence-electron chi connectivity index (χ3n) is 11.9. The molecule has 0 fully saturated rings. The summed E-state index contributed by atoms with van der Waals surface area (Å²) in [7, 11) is 0. The molecule has 63 heavy (non-hydrogen) atoms. The van der Waals surface area contributed by atoms with Gasteiger partial charge in [-0.3, -0.25) is 0 Å². The molecule has 0 saturated carbocycles. The van der Waals surface area contributed by atoms with Crippen molar-refractivity contribution in [2.24, 2.45) is 0 Å². The van der Waals surface area contributed by atoms with Gasteiger partial charge in [0, 0.05) is 54.9 Å². The van der Waals surface area contributed by atoms with Crippen LogP contribution < -0.4 is 0 Å². The molecule has 0 aliphatic heterocycles. The fourth-order valence-corrected chi connectivity index (χ4v) is 8.93. The van der Waals surface area contributed by atoms with Crippen LogP contribution in [-0.2, 0) is 0 Å². The molecular weight excluding hydrogens is 777 g/mol. The highest BCUT2D eigenvalue weighted by Gasteiger charge is 2.22. The first-order chi connectivity index (χ1) is 31.2. The maximum absolute atomic E-state index is 6.82. The van der Waals surface area contributed by atoms with E-state index < -0.39 is 0 Å². The number of hydrogen-bond acceptors (Lipinski definition) is 7. The number of rotatable bonds is 6. The minimum absolute atomic E-state index is 0.517. The molecule has 5 heterocycles. The van der Waals surface area contributed by atoms with Crippen molar-refractivity contribution >= 4 is 65.8 Å². The van der Waals surface area contributed by atoms with Crippen molar-refractivity contribution in [3.63, 3.8) is 0 Å². The number of hydrogen-bond donors (Lipinski definition) is 0. The van der Waals surface area contributed by atoms with Crippen molar-refractivity contribution in [1.29, 1.82) is 0 Å². The van der Waals surface area contributed by atoms with Crippen LogP contribution in [0.5, 0.6) is 0 Å². The van der Waals surface area contributed by atoms with Gasteiger partial charge in [-0.05, 0) is 66.7 Å². The number of benzene rings is 8. The summed E-state index contributed by atoms with van der Waals surface area (Å²) in [5, 5.41) is 5.13. The van der Waals surface area contributed by atoms with Crippen molar-refractivity contribution in [1.82, 2.24) is 29.5 Å². The Labute approximate surface area is 359 Å². The van der Waals surface area contributed by atoms with Crippen molar-refractivity contribution in [2.45, 2.75) is 0 Å². The third kappa shape index (κ3) is 5.66. The molecule has 5 aromatic heterocycles. The van der Waals surface area contributed by atoms with E-state index >= 15 is 0 Å². The monoisotopic (exact) mass is 808 g/mol. The van der Waals surface area contributed by atoms with Gasteiger partial charge in [0.25, 0.3) is 0 Å². The summed E-state index contributed by atoms with van der Waals surface area (Å²) < 4.78 is 15.5. The first-order valence-electron chi connectivity index (χ1n) is 20.8. The number of furan rings is 2. The van der Waals surface area contributed by atoms with Crippen LogP contribution in [0.3, 0.4) is 0 Å². The van der Waals surface area contributed by atoms with E-state index in [9.17, 15) is 0 Å². The van der Waals surface area contributed by atoms with E-state index in [4.69, 9.17) is 33.8 Å². The summed E-state index contributed by atoms with van der Waals surface area (Å²) >= 11 is 0. The Hall–Kier alpha value is -8.75. The van der Waals surface area contributed by atoms with Gasteiger partial charge in [-0.1, -0.05) is 127 Å². The van der Waals surface area contributed by atoms with Crippen molar-refractivity contribution in [3.8, 4) is 62.5 Å². The van der Waals surface area contributed by atoms with Crippen LogP contribution in [0.4, 0.5) is 0 Å². The Morgan fingerprint density at radius 3 is 1.76 bits per heavy atom. The highest BCUT2D eigenvalue weighted by atomic mass is 16.3. The molecule has 0 amide bonds. The molecule has 13 aromatic rings. The standard InChI is InChI=1S/C55H32N6O2/c1-4-15-33(16-5-1)48-51-49(41-22-11-13-26-46(41)62-51)57-53(56-48)36-27-29-39-40-23-14-24-42(50(40)63-47(39)32-36)55-59-52(34-17-6-2-7-18-34)58-54(60-55)35-28-30-45-43(31-35)38-21-10-12-25-44(38)61(45)37-19-8-3-9-20-37/h1-32H. The zero-order chi connectivity index (χ0) is 41.4. The fourth-order valence-electron chi connectivity index (χ4n) is 8.93. The smallest absolute Gasteiger partial charge is 0.180 e. The topological polar surface area (TPSA) is 95.7 Å². The molecule has 13 rings (SSSR count). The van der Waals surface area contributed by atoms with Gasteiger partial charge >= 0.3 is 0 Å². The lowest BCUT2D eigenvalue weighted by atomic mass is 10.1. The Kier molecular flexibility index (Phi) is 7.74. The molecule has 0 radical (unpaired) electrons. The van der Waals surface area contributed by atoms with Crippen LogP contribution in [0.1, 0.15) is 0 Å². The lowest BCUT2D eigenvalue weighted by Crippen LogP contribution is -2.00. The molecule has 8 aromatic carbocycles. The molecule has 8 heteroatoms. The van der Waals surface area contributed by atoms with E-state index in [2.05, 4.69) is 89.5 Å². The lowest BCUT2D eigenvalue weighted by Gasteiger charge is -2.10. The minimum atomic E-state index is 0.517. The maximum atomic E-state index is 6.82. The van der Waals surface area contributed by atoms with Gasteiger partial charge in [0.15, 0.2) is 28.9 Å². The summed E-state index contributed by atoms with van der Waals surface area (Å²) in [5.74, 6) is 2.24. The number of nitrogens with zero attached hydrogens (tertiary/aromatic N) is 6. The largest absolute Gasteiger partial charge is 0.455 e. The zero-order valence-corrected chi connectivity index (χ0v) is 33.5. The zero-order valence-electron chi connectivity index (χ0n) is 33.5. The Morgan fingerprint density at radius 2 is 0.937 bits per heavy atom. The molecule has 294 valence electrons. The van der Waals surface area contributed by atoms with Gasteiger partial charge in [0.1, 0.15) is 28.0 Å². The second kappa shape index (κ2) is 13.9. The van der Waals surface area contributed by atoms with E-state index in [1.807, 2.05) is 109 Å². The highest BCUT2D eigenvalue weighted by Crippen LogP contribution is 2.40. The van der Waals surface area contributed by atoms with Gasteiger partial charge in [0.05, 0.1) is 16.6 Å². The van der Waals surface area contributed by atoms with Gasteiger partial charge in [-0.2, -0.15) is 0 Å². The summed E-state index contributed by atoms with van der Waals surface area (Å²) in [6, 6.07) is 65.9. The van der Waals surface area contributed by atoms with Crippen LogP contribution in [0.2, 0.25) is 0 Å². The van der Waals surface area contributed by atoms with Crippen LogP contribution in [0, 0.1) is 0 Å². The fraction of sp³-hybridized carbons (Fsp3) is 0. The van der Waals surface area contributed by atoms with Gasteiger partial charge < -0.3 is 13.4 Å². The molecule has 0 saturated heterocycles. The minimum Gasteiger partial charge on any atom is -0.455 e. The first kappa shape index (κ1) is 35.0. The molecule has 0 aliphatic carbocycles. The average Bonchev–Trinajstić information content (AvgIpc) is 4.03. The number of para-hydroxylation sites is 4. The molecule has 0 N–H and O–H groups in total. The first-order valence-corrected chi connectivity index (χ1v) is 20.8. The van der Waals surface area contributed by atoms with Crippen LogP contribution in [-0.4, -0.2) is 29.5 Å². The second-order valence-electron chi connectivity index (χ2n) is 15.6. The predicted molar refractivity (Wildman–Crippen MR) is 251 cm³/mol. The highest BCUT2D eigenvalue weighted by molar-refractivity contribution is 6.12. The van der Waals surface area contributed by atoms with Crippen LogP contribution >= 0.6 is 0 Å². The van der Waals surface area contributed by atoms with E-state index in [1.165, 1.54) is 0 Å². The summed E-state index contributed by atoms with van der Waals surface area (Å²) in [5.41, 5.74) is 12.0. The van der Waals surface area contributed by atoms with E-state index in [-0.39, 0.29) is 0 Å². The van der Waals surface area contributed by atoms with Crippen molar-refractivity contribution in [2.75, 3.05) is 0 Å². The SMILES string of the molecule is c1ccc(-c2nc(-c3ccc4c(c3)c3ccccc3n4-c3ccccc3)nc(-c3cccc4c3oc3cc(-c5nc(-c6ccccc6)c6oc7ccccc7c6n5)ccc34)n2)cc1. The predicted octanol–water partition coefficient (Wildman–Crippen LogP) is 13.9. The van der Waals surface area contributed by atoms with E-state index in [0.717, 1.165) is 88.3 Å².